The summed E-state index contributed by atoms with van der Waals surface area (Å²) in [6.45, 7) is 2.05. The molecule has 0 spiro atoms. The minimum absolute atomic E-state index is 0.115. The lowest BCUT2D eigenvalue weighted by Crippen LogP contribution is -1.60. The van der Waals surface area contributed by atoms with Crippen molar-refractivity contribution >= 4 is 22.7 Å². The Morgan fingerprint density at radius 1 is 1.33 bits per heavy atom. The van der Waals surface area contributed by atoms with Crippen LogP contribution in [-0.2, 0) is 0 Å². The number of halogens is 1. The number of rotatable bonds is 1. The lowest BCUT2D eigenvalue weighted by atomic mass is 10.3. The van der Waals surface area contributed by atoms with Crippen LogP contribution in [0.2, 0.25) is 0 Å². The Balaban J connectivity index is 2.43. The molecule has 0 aliphatic rings. The van der Waals surface area contributed by atoms with Gasteiger partial charge in [0.15, 0.2) is 5.13 Å². The van der Waals surface area contributed by atoms with Crippen LogP contribution in [0.3, 0.4) is 0 Å². The van der Waals surface area contributed by atoms with Crippen molar-refractivity contribution < 1.29 is 4.39 Å². The Morgan fingerprint density at radius 2 is 2.17 bits per heavy atom. The van der Waals surface area contributed by atoms with Gasteiger partial charge in [0, 0.05) is 20.7 Å². The molecule has 0 saturated heterocycles. The molecule has 0 N–H and O–H groups in total. The molecular weight excluding hydrogens is 191 g/mol. The molecule has 0 aliphatic heterocycles. The second kappa shape index (κ2) is 2.99. The second-order valence-corrected chi connectivity index (χ2v) is 4.70. The highest BCUT2D eigenvalue weighted by Gasteiger charge is 2.03. The topological polar surface area (TPSA) is 0 Å². The van der Waals surface area contributed by atoms with Gasteiger partial charge in [-0.3, -0.25) is 0 Å². The van der Waals surface area contributed by atoms with Gasteiger partial charge in [-0.05, 0) is 25.1 Å². The predicted octanol–water partition coefficient (Wildman–Crippen LogP) is 3.92. The third-order valence-electron chi connectivity index (χ3n) is 1.59. The van der Waals surface area contributed by atoms with E-state index in [4.69, 9.17) is 0 Å². The highest BCUT2D eigenvalue weighted by Crippen LogP contribution is 2.30. The van der Waals surface area contributed by atoms with E-state index in [0.29, 0.717) is 0 Å². The highest BCUT2D eigenvalue weighted by molar-refractivity contribution is 7.16. The van der Waals surface area contributed by atoms with Gasteiger partial charge in [0.1, 0.15) is 0 Å². The molecular formula is C9H7FS2. The first kappa shape index (κ1) is 7.95. The summed E-state index contributed by atoms with van der Waals surface area (Å²) in [5.41, 5.74) is 0.996. The number of hydrogen-bond donors (Lipinski definition) is 0. The van der Waals surface area contributed by atoms with Gasteiger partial charge in [-0.1, -0.05) is 0 Å². The van der Waals surface area contributed by atoms with Crippen molar-refractivity contribution in [1.82, 2.24) is 0 Å². The quantitative estimate of drug-likeness (QED) is 0.651. The van der Waals surface area contributed by atoms with E-state index in [0.717, 1.165) is 21.8 Å². The summed E-state index contributed by atoms with van der Waals surface area (Å²) < 4.78 is 12.6. The maximum absolute atomic E-state index is 12.6. The van der Waals surface area contributed by atoms with E-state index in [2.05, 4.69) is 13.0 Å². The number of aryl methyl sites for hydroxylation is 1. The molecule has 2 rings (SSSR count). The second-order valence-electron chi connectivity index (χ2n) is 2.55. The largest absolute Gasteiger partial charge is 0.195 e. The number of thiophene rings is 2. The first-order chi connectivity index (χ1) is 5.75. The van der Waals surface area contributed by atoms with E-state index in [-0.39, 0.29) is 5.13 Å². The van der Waals surface area contributed by atoms with E-state index in [1.807, 2.05) is 11.4 Å². The molecule has 2 heterocycles. The van der Waals surface area contributed by atoms with Crippen LogP contribution in [0.5, 0.6) is 0 Å². The molecule has 62 valence electrons. The van der Waals surface area contributed by atoms with Gasteiger partial charge in [-0.2, -0.15) is 4.39 Å². The van der Waals surface area contributed by atoms with Crippen molar-refractivity contribution in [1.29, 1.82) is 0 Å². The highest BCUT2D eigenvalue weighted by atomic mass is 32.1. The molecule has 0 nitrogen and oxygen atoms in total. The monoisotopic (exact) mass is 198 g/mol. The van der Waals surface area contributed by atoms with Gasteiger partial charge in [0.05, 0.1) is 0 Å². The Hall–Kier alpha value is -0.670. The Morgan fingerprint density at radius 3 is 2.67 bits per heavy atom. The Kier molecular flexibility index (Phi) is 1.98. The van der Waals surface area contributed by atoms with E-state index in [9.17, 15) is 4.39 Å². The molecule has 0 bridgehead atoms. The molecule has 0 fully saturated rings. The van der Waals surface area contributed by atoms with Gasteiger partial charge in [-0.25, -0.2) is 0 Å². The zero-order valence-electron chi connectivity index (χ0n) is 6.50. The minimum atomic E-state index is -0.115. The van der Waals surface area contributed by atoms with Crippen molar-refractivity contribution in [2.45, 2.75) is 6.92 Å². The molecule has 0 saturated carbocycles. The maximum atomic E-state index is 12.6. The van der Waals surface area contributed by atoms with E-state index in [1.165, 1.54) is 4.88 Å². The standard InChI is InChI=1S/C9H7FS2/c1-6-2-3-8(12-6)7-4-9(10)11-5-7/h2-5H,1H3. The van der Waals surface area contributed by atoms with Crippen LogP contribution in [0.15, 0.2) is 23.6 Å². The van der Waals surface area contributed by atoms with E-state index >= 15 is 0 Å². The average Bonchev–Trinajstić information content (AvgIpc) is 2.58. The lowest BCUT2D eigenvalue weighted by molar-refractivity contribution is 0.657. The summed E-state index contributed by atoms with van der Waals surface area (Å²) in [6, 6.07) is 5.66. The van der Waals surface area contributed by atoms with Crippen LogP contribution in [-0.4, -0.2) is 0 Å². The van der Waals surface area contributed by atoms with Crippen molar-refractivity contribution in [2.24, 2.45) is 0 Å². The molecule has 0 unspecified atom stereocenters. The van der Waals surface area contributed by atoms with E-state index < -0.39 is 0 Å². The zero-order valence-corrected chi connectivity index (χ0v) is 8.14. The molecule has 0 atom stereocenters. The molecule has 12 heavy (non-hydrogen) atoms. The Labute approximate surface area is 78.3 Å². The summed E-state index contributed by atoms with van der Waals surface area (Å²) in [5.74, 6) is 0. The molecule has 2 aromatic heterocycles. The fourth-order valence-electron chi connectivity index (χ4n) is 1.03. The smallest absolute Gasteiger partial charge is 0.177 e. The first-order valence-corrected chi connectivity index (χ1v) is 5.26. The van der Waals surface area contributed by atoms with Crippen LogP contribution in [0.4, 0.5) is 4.39 Å². The van der Waals surface area contributed by atoms with Gasteiger partial charge < -0.3 is 0 Å². The van der Waals surface area contributed by atoms with Gasteiger partial charge in [0.2, 0.25) is 0 Å². The molecule has 0 aromatic carbocycles. The molecule has 0 radical (unpaired) electrons. The van der Waals surface area contributed by atoms with Gasteiger partial charge in [0.25, 0.3) is 0 Å². The first-order valence-electron chi connectivity index (χ1n) is 3.56. The number of hydrogen-bond acceptors (Lipinski definition) is 2. The molecule has 0 amide bonds. The van der Waals surface area contributed by atoms with Crippen LogP contribution in [0.25, 0.3) is 10.4 Å². The summed E-state index contributed by atoms with van der Waals surface area (Å²) in [4.78, 5) is 2.41. The van der Waals surface area contributed by atoms with Crippen molar-refractivity contribution in [3.05, 3.63) is 33.6 Å². The third-order valence-corrected chi connectivity index (χ3v) is 3.36. The molecule has 3 heteroatoms. The van der Waals surface area contributed by atoms with Crippen molar-refractivity contribution in [3.63, 3.8) is 0 Å². The average molecular weight is 198 g/mol. The van der Waals surface area contributed by atoms with Crippen molar-refractivity contribution in [2.75, 3.05) is 0 Å². The van der Waals surface area contributed by atoms with E-state index in [1.54, 1.807) is 17.4 Å². The molecule has 2 aromatic rings. The minimum Gasteiger partial charge on any atom is -0.195 e. The summed E-state index contributed by atoms with van der Waals surface area (Å²) in [7, 11) is 0. The van der Waals surface area contributed by atoms with Crippen LogP contribution >= 0.6 is 22.7 Å². The van der Waals surface area contributed by atoms with Crippen molar-refractivity contribution in [3.8, 4) is 10.4 Å². The fourth-order valence-corrected chi connectivity index (χ4v) is 2.59. The summed E-state index contributed by atoms with van der Waals surface area (Å²) in [5, 5.41) is 1.73. The fraction of sp³-hybridized carbons (Fsp3) is 0.111. The van der Waals surface area contributed by atoms with Crippen LogP contribution < -0.4 is 0 Å². The predicted molar refractivity (Wildman–Crippen MR) is 52.3 cm³/mol. The zero-order chi connectivity index (χ0) is 8.55. The lowest BCUT2D eigenvalue weighted by Gasteiger charge is -1.86. The maximum Gasteiger partial charge on any atom is 0.177 e. The summed E-state index contributed by atoms with van der Waals surface area (Å²) >= 11 is 2.84. The normalized spacial score (nSPS) is 10.5. The van der Waals surface area contributed by atoms with Crippen LogP contribution in [0, 0.1) is 12.1 Å². The van der Waals surface area contributed by atoms with Gasteiger partial charge in [-0.15, -0.1) is 22.7 Å². The third kappa shape index (κ3) is 1.42. The van der Waals surface area contributed by atoms with Gasteiger partial charge >= 0.3 is 0 Å². The Bertz CT molecular complexity index is 348. The molecule has 0 aliphatic carbocycles. The SMILES string of the molecule is Cc1ccc(-c2csc(F)c2)s1. The van der Waals surface area contributed by atoms with Crippen LogP contribution in [0.1, 0.15) is 4.88 Å². The summed E-state index contributed by atoms with van der Waals surface area (Å²) in [6.07, 6.45) is 0.